The number of nitrogens with one attached hydrogen (secondary N) is 1. The van der Waals surface area contributed by atoms with Crippen molar-refractivity contribution in [2.45, 2.75) is 13.5 Å². The van der Waals surface area contributed by atoms with Gasteiger partial charge in [0.1, 0.15) is 0 Å². The molecule has 3 aromatic rings. The molecule has 0 saturated carbocycles. The Morgan fingerprint density at radius 2 is 1.95 bits per heavy atom. The van der Waals surface area contributed by atoms with Gasteiger partial charge in [0.15, 0.2) is 0 Å². The van der Waals surface area contributed by atoms with E-state index < -0.39 is 0 Å². The van der Waals surface area contributed by atoms with Crippen LogP contribution in [-0.2, 0) is 6.54 Å². The van der Waals surface area contributed by atoms with Crippen LogP contribution >= 0.6 is 15.9 Å². The molecule has 3 rings (SSSR count). The second-order valence-corrected chi connectivity index (χ2v) is 5.47. The van der Waals surface area contributed by atoms with Crippen molar-refractivity contribution in [1.82, 2.24) is 20.0 Å². The van der Waals surface area contributed by atoms with Crippen molar-refractivity contribution in [3.63, 3.8) is 0 Å². The van der Waals surface area contributed by atoms with E-state index in [0.29, 0.717) is 6.54 Å². The van der Waals surface area contributed by atoms with Gasteiger partial charge in [-0.25, -0.2) is 4.68 Å². The van der Waals surface area contributed by atoms with Gasteiger partial charge in [-0.15, -0.1) is 5.10 Å². The SMILES string of the molecule is Cc1c(Br)cncc1NCc1cnnn1-c1ccccc1. The lowest BCUT2D eigenvalue weighted by atomic mass is 10.2. The van der Waals surface area contributed by atoms with Crippen LogP contribution in [0, 0.1) is 6.92 Å². The van der Waals surface area contributed by atoms with Crippen molar-refractivity contribution in [3.05, 3.63) is 64.7 Å². The zero-order chi connectivity index (χ0) is 14.7. The molecule has 0 aliphatic carbocycles. The summed E-state index contributed by atoms with van der Waals surface area (Å²) < 4.78 is 2.82. The molecule has 0 spiro atoms. The van der Waals surface area contributed by atoms with Gasteiger partial charge in [-0.3, -0.25) is 4.98 Å². The predicted octanol–water partition coefficient (Wildman–Crippen LogP) is 3.35. The normalized spacial score (nSPS) is 10.6. The first-order chi connectivity index (χ1) is 10.3. The van der Waals surface area contributed by atoms with Gasteiger partial charge in [-0.05, 0) is 40.5 Å². The molecule has 0 radical (unpaired) electrons. The molecule has 0 amide bonds. The lowest BCUT2D eigenvalue weighted by Crippen LogP contribution is -2.08. The molecule has 0 bridgehead atoms. The zero-order valence-corrected chi connectivity index (χ0v) is 13.1. The van der Waals surface area contributed by atoms with E-state index >= 15 is 0 Å². The van der Waals surface area contributed by atoms with E-state index in [2.05, 4.69) is 36.5 Å². The van der Waals surface area contributed by atoms with Gasteiger partial charge >= 0.3 is 0 Å². The quantitative estimate of drug-likeness (QED) is 0.789. The molecule has 0 saturated heterocycles. The molecule has 5 nitrogen and oxygen atoms in total. The third-order valence-electron chi connectivity index (χ3n) is 3.23. The molecular formula is C15H14BrN5. The molecule has 6 heteroatoms. The number of hydrogen-bond acceptors (Lipinski definition) is 4. The largest absolute Gasteiger partial charge is 0.378 e. The highest BCUT2D eigenvalue weighted by atomic mass is 79.9. The van der Waals surface area contributed by atoms with Crippen LogP contribution in [0.15, 0.2) is 53.4 Å². The predicted molar refractivity (Wildman–Crippen MR) is 85.4 cm³/mol. The highest BCUT2D eigenvalue weighted by Crippen LogP contribution is 2.22. The second kappa shape index (κ2) is 6.05. The molecule has 106 valence electrons. The number of hydrogen-bond donors (Lipinski definition) is 1. The molecular weight excluding hydrogens is 330 g/mol. The molecule has 0 fully saturated rings. The van der Waals surface area contributed by atoms with Crippen molar-refractivity contribution >= 4 is 21.6 Å². The second-order valence-electron chi connectivity index (χ2n) is 4.62. The minimum atomic E-state index is 0.626. The van der Waals surface area contributed by atoms with E-state index in [1.54, 1.807) is 12.4 Å². The first-order valence-electron chi connectivity index (χ1n) is 6.54. The monoisotopic (exact) mass is 343 g/mol. The van der Waals surface area contributed by atoms with Gasteiger partial charge in [0.25, 0.3) is 0 Å². The van der Waals surface area contributed by atoms with Crippen molar-refractivity contribution in [3.8, 4) is 5.69 Å². The summed E-state index contributed by atoms with van der Waals surface area (Å²) >= 11 is 3.48. The van der Waals surface area contributed by atoms with Gasteiger partial charge in [-0.2, -0.15) is 0 Å². The molecule has 0 atom stereocenters. The summed E-state index contributed by atoms with van der Waals surface area (Å²) in [6.07, 6.45) is 5.37. The van der Waals surface area contributed by atoms with Gasteiger partial charge in [0.05, 0.1) is 36.0 Å². The summed E-state index contributed by atoms with van der Waals surface area (Å²) in [5.41, 5.74) is 4.10. The van der Waals surface area contributed by atoms with Crippen LogP contribution in [0.5, 0.6) is 0 Å². The number of halogens is 1. The van der Waals surface area contributed by atoms with Crippen LogP contribution in [0.2, 0.25) is 0 Å². The maximum absolute atomic E-state index is 4.18. The van der Waals surface area contributed by atoms with E-state index in [1.165, 1.54) is 0 Å². The van der Waals surface area contributed by atoms with Gasteiger partial charge < -0.3 is 5.32 Å². The molecule has 1 aromatic carbocycles. The fourth-order valence-corrected chi connectivity index (χ4v) is 2.36. The fourth-order valence-electron chi connectivity index (χ4n) is 2.03. The topological polar surface area (TPSA) is 55.6 Å². The standard InChI is InChI=1S/C15H14BrN5/c1-11-14(16)9-17-10-15(11)18-7-13-8-19-20-21(13)12-5-3-2-4-6-12/h2-6,8-10,18H,7H2,1H3. The van der Waals surface area contributed by atoms with Crippen molar-refractivity contribution in [2.75, 3.05) is 5.32 Å². The van der Waals surface area contributed by atoms with E-state index in [-0.39, 0.29) is 0 Å². The average molecular weight is 344 g/mol. The van der Waals surface area contributed by atoms with Crippen LogP contribution in [0.3, 0.4) is 0 Å². The Hall–Kier alpha value is -2.21. The van der Waals surface area contributed by atoms with E-state index in [0.717, 1.165) is 27.1 Å². The Balaban J connectivity index is 1.81. The Labute approximate surface area is 131 Å². The van der Waals surface area contributed by atoms with E-state index in [9.17, 15) is 0 Å². The molecule has 2 aromatic heterocycles. The van der Waals surface area contributed by atoms with Gasteiger partial charge in [0, 0.05) is 10.7 Å². The minimum Gasteiger partial charge on any atom is -0.378 e. The summed E-state index contributed by atoms with van der Waals surface area (Å²) in [5, 5.41) is 11.5. The fraction of sp³-hybridized carbons (Fsp3) is 0.133. The summed E-state index contributed by atoms with van der Waals surface area (Å²) in [6.45, 7) is 2.67. The maximum atomic E-state index is 4.18. The third kappa shape index (κ3) is 2.95. The average Bonchev–Trinajstić information content (AvgIpc) is 2.98. The van der Waals surface area contributed by atoms with Gasteiger partial charge in [0.2, 0.25) is 0 Å². The highest BCUT2D eigenvalue weighted by Gasteiger charge is 2.07. The molecule has 0 aliphatic heterocycles. The van der Waals surface area contributed by atoms with Crippen LogP contribution in [0.4, 0.5) is 5.69 Å². The smallest absolute Gasteiger partial charge is 0.0836 e. The number of anilines is 1. The van der Waals surface area contributed by atoms with Crippen LogP contribution in [0.1, 0.15) is 11.3 Å². The minimum absolute atomic E-state index is 0.626. The van der Waals surface area contributed by atoms with E-state index in [1.807, 2.05) is 48.1 Å². The Morgan fingerprint density at radius 3 is 2.76 bits per heavy atom. The highest BCUT2D eigenvalue weighted by molar-refractivity contribution is 9.10. The number of nitrogens with zero attached hydrogens (tertiary/aromatic N) is 4. The van der Waals surface area contributed by atoms with Crippen LogP contribution < -0.4 is 5.32 Å². The Kier molecular flexibility index (Phi) is 3.96. The Bertz CT molecular complexity index is 739. The lowest BCUT2D eigenvalue weighted by molar-refractivity contribution is 0.769. The summed E-state index contributed by atoms with van der Waals surface area (Å²) in [5.74, 6) is 0. The molecule has 2 heterocycles. The van der Waals surface area contributed by atoms with Crippen molar-refractivity contribution in [2.24, 2.45) is 0 Å². The maximum Gasteiger partial charge on any atom is 0.0836 e. The summed E-state index contributed by atoms with van der Waals surface area (Å²) in [6, 6.07) is 9.95. The first-order valence-corrected chi connectivity index (χ1v) is 7.34. The molecule has 21 heavy (non-hydrogen) atoms. The molecule has 1 N–H and O–H groups in total. The molecule has 0 aliphatic rings. The number of pyridine rings is 1. The number of benzene rings is 1. The van der Waals surface area contributed by atoms with E-state index in [4.69, 9.17) is 0 Å². The number of aromatic nitrogens is 4. The van der Waals surface area contributed by atoms with Crippen molar-refractivity contribution < 1.29 is 0 Å². The van der Waals surface area contributed by atoms with Crippen molar-refractivity contribution in [1.29, 1.82) is 0 Å². The number of para-hydroxylation sites is 1. The zero-order valence-electron chi connectivity index (χ0n) is 11.5. The summed E-state index contributed by atoms with van der Waals surface area (Å²) in [4.78, 5) is 4.18. The van der Waals surface area contributed by atoms with Crippen LogP contribution in [-0.4, -0.2) is 20.0 Å². The number of rotatable bonds is 4. The van der Waals surface area contributed by atoms with Crippen LogP contribution in [0.25, 0.3) is 5.69 Å². The first kappa shape index (κ1) is 13.8. The van der Waals surface area contributed by atoms with Gasteiger partial charge in [-0.1, -0.05) is 23.4 Å². The lowest BCUT2D eigenvalue weighted by Gasteiger charge is -2.11. The Morgan fingerprint density at radius 1 is 1.14 bits per heavy atom. The third-order valence-corrected chi connectivity index (χ3v) is 4.03. The molecule has 0 unspecified atom stereocenters. The summed E-state index contributed by atoms with van der Waals surface area (Å²) in [7, 11) is 0.